The minimum absolute atomic E-state index is 0.121. The van der Waals surface area contributed by atoms with E-state index in [2.05, 4.69) is 38.4 Å². The number of nitrogens with one attached hydrogen (secondary N) is 1. The summed E-state index contributed by atoms with van der Waals surface area (Å²) in [6, 6.07) is 15.2. The number of benzene rings is 1. The Hall–Kier alpha value is -5.01. The molecule has 9 nitrogen and oxygen atoms in total. The summed E-state index contributed by atoms with van der Waals surface area (Å²) in [6.07, 6.45) is 5.20. The minimum atomic E-state index is -0.428. The van der Waals surface area contributed by atoms with E-state index in [1.54, 1.807) is 29.2 Å². The van der Waals surface area contributed by atoms with Gasteiger partial charge < -0.3 is 11.1 Å². The molecule has 38 heavy (non-hydrogen) atoms. The number of fused-ring (bicyclic) bond motifs is 2. The van der Waals surface area contributed by atoms with Gasteiger partial charge in [0.25, 0.3) is 5.91 Å². The van der Waals surface area contributed by atoms with Crippen LogP contribution in [-0.4, -0.2) is 35.3 Å². The first-order chi connectivity index (χ1) is 18.5. The minimum Gasteiger partial charge on any atom is -0.382 e. The lowest BCUT2D eigenvalue weighted by Gasteiger charge is -2.18. The van der Waals surface area contributed by atoms with E-state index < -0.39 is 6.04 Å². The fourth-order valence-corrected chi connectivity index (χ4v) is 5.19. The number of nitrogen functional groups attached to an aromatic ring is 1. The van der Waals surface area contributed by atoms with Gasteiger partial charge in [0.2, 0.25) is 0 Å². The highest BCUT2D eigenvalue weighted by Gasteiger charge is 2.23. The molecule has 0 spiro atoms. The van der Waals surface area contributed by atoms with Crippen LogP contribution in [0.25, 0.3) is 27.0 Å². The molecule has 5 heterocycles. The van der Waals surface area contributed by atoms with Crippen molar-refractivity contribution >= 4 is 38.9 Å². The Morgan fingerprint density at radius 1 is 1.11 bits per heavy atom. The molecule has 0 aliphatic carbocycles. The lowest BCUT2D eigenvalue weighted by molar-refractivity contribution is 0.0933. The van der Waals surface area contributed by atoms with Crippen LogP contribution in [-0.2, 0) is 7.05 Å². The van der Waals surface area contributed by atoms with Crippen LogP contribution in [0.3, 0.4) is 0 Å². The van der Waals surface area contributed by atoms with Gasteiger partial charge in [-0.05, 0) is 30.7 Å². The number of nitrogens with zero attached hydrogens (tertiary/aromatic N) is 6. The Bertz CT molecular complexity index is 1870. The Kier molecular flexibility index (Phi) is 5.82. The van der Waals surface area contributed by atoms with E-state index >= 15 is 0 Å². The fraction of sp³-hybridized carbons (Fsp3) is 0.107. The van der Waals surface area contributed by atoms with E-state index in [-0.39, 0.29) is 17.4 Å². The maximum Gasteiger partial charge on any atom is 0.274 e. The van der Waals surface area contributed by atoms with E-state index in [1.807, 2.05) is 55.9 Å². The number of pyridine rings is 1. The molecule has 6 aromatic rings. The molecule has 0 saturated heterocycles. The number of carbonyl (C=O) groups excluding carboxylic acids is 1. The summed E-state index contributed by atoms with van der Waals surface area (Å²) in [5, 5.41) is 14.4. The van der Waals surface area contributed by atoms with Crippen LogP contribution in [0.1, 0.15) is 40.3 Å². The van der Waals surface area contributed by atoms with E-state index in [9.17, 15) is 4.79 Å². The van der Waals surface area contributed by atoms with Crippen molar-refractivity contribution in [3.05, 3.63) is 95.0 Å². The van der Waals surface area contributed by atoms with Gasteiger partial charge in [-0.2, -0.15) is 10.2 Å². The SMILES string of the molecule is CC(NC(=O)c1c(N)nc2cccnn12)c1nc2scc(C#Cc3cnn(C)c3)c2cc1-c1ccccc1. The Balaban J connectivity index is 1.40. The number of thiophene rings is 1. The largest absolute Gasteiger partial charge is 0.382 e. The highest BCUT2D eigenvalue weighted by atomic mass is 32.1. The van der Waals surface area contributed by atoms with Crippen LogP contribution in [0.5, 0.6) is 0 Å². The quantitative estimate of drug-likeness (QED) is 0.338. The van der Waals surface area contributed by atoms with Gasteiger partial charge in [-0.25, -0.2) is 14.5 Å². The van der Waals surface area contributed by atoms with Crippen molar-refractivity contribution in [1.29, 1.82) is 0 Å². The first-order valence-corrected chi connectivity index (χ1v) is 12.7. The topological polar surface area (TPSA) is 116 Å². The maximum absolute atomic E-state index is 13.3. The molecule has 6 rings (SSSR count). The van der Waals surface area contributed by atoms with Crippen LogP contribution in [0.4, 0.5) is 5.82 Å². The van der Waals surface area contributed by atoms with Crippen LogP contribution in [0, 0.1) is 11.8 Å². The summed E-state index contributed by atoms with van der Waals surface area (Å²) in [6.45, 7) is 1.90. The molecule has 1 atom stereocenters. The number of aryl methyl sites for hydroxylation is 1. The molecule has 186 valence electrons. The van der Waals surface area contributed by atoms with Crippen LogP contribution >= 0.6 is 11.3 Å². The third-order valence-electron chi connectivity index (χ3n) is 6.12. The number of nitrogens with two attached hydrogens (primary N) is 1. The van der Waals surface area contributed by atoms with Crippen molar-refractivity contribution in [2.45, 2.75) is 13.0 Å². The summed E-state index contributed by atoms with van der Waals surface area (Å²) in [7, 11) is 1.86. The van der Waals surface area contributed by atoms with Crippen LogP contribution in [0.2, 0.25) is 0 Å². The number of amides is 1. The number of anilines is 1. The molecule has 3 N–H and O–H groups in total. The zero-order chi connectivity index (χ0) is 26.2. The maximum atomic E-state index is 13.3. The standard InChI is InChI=1S/C28H22N8OS/c1-17(32-27(37)25-26(29)33-23-9-6-12-30-36(23)25)24-21(19-7-4-3-5-8-19)13-22-20(16-38-28(22)34-24)11-10-18-14-31-35(2)15-18/h3-9,12-17H,29H2,1-2H3,(H,32,37). The molecule has 1 unspecified atom stereocenters. The molecule has 0 fully saturated rings. The first kappa shape index (κ1) is 23.4. The predicted molar refractivity (Wildman–Crippen MR) is 148 cm³/mol. The molecule has 0 saturated carbocycles. The summed E-state index contributed by atoms with van der Waals surface area (Å²) >= 11 is 1.52. The highest BCUT2D eigenvalue weighted by Crippen LogP contribution is 2.34. The summed E-state index contributed by atoms with van der Waals surface area (Å²) in [5.41, 5.74) is 11.2. The number of rotatable bonds is 4. The van der Waals surface area contributed by atoms with Gasteiger partial charge in [0.05, 0.1) is 23.5 Å². The van der Waals surface area contributed by atoms with E-state index in [4.69, 9.17) is 10.7 Å². The molecule has 0 radical (unpaired) electrons. The summed E-state index contributed by atoms with van der Waals surface area (Å²) in [4.78, 5) is 23.4. The molecule has 0 bridgehead atoms. The van der Waals surface area contributed by atoms with Crippen molar-refractivity contribution in [3.8, 4) is 23.0 Å². The number of imidazole rings is 1. The molecule has 0 aliphatic heterocycles. The third kappa shape index (κ3) is 4.25. The Labute approximate surface area is 222 Å². The average molecular weight is 519 g/mol. The van der Waals surface area contributed by atoms with Crippen molar-refractivity contribution in [3.63, 3.8) is 0 Å². The highest BCUT2D eigenvalue weighted by molar-refractivity contribution is 7.17. The third-order valence-corrected chi connectivity index (χ3v) is 7.01. The Morgan fingerprint density at radius 2 is 1.95 bits per heavy atom. The number of hydrogen-bond acceptors (Lipinski definition) is 7. The van der Waals surface area contributed by atoms with Crippen molar-refractivity contribution in [1.82, 2.24) is 34.7 Å². The molecule has 1 amide bonds. The predicted octanol–water partition coefficient (Wildman–Crippen LogP) is 4.21. The van der Waals surface area contributed by atoms with E-state index in [1.165, 1.54) is 15.9 Å². The van der Waals surface area contributed by atoms with Gasteiger partial charge in [0.1, 0.15) is 4.83 Å². The lowest BCUT2D eigenvalue weighted by Crippen LogP contribution is -2.29. The Morgan fingerprint density at radius 3 is 2.74 bits per heavy atom. The number of aromatic nitrogens is 6. The first-order valence-electron chi connectivity index (χ1n) is 11.9. The smallest absolute Gasteiger partial charge is 0.274 e. The van der Waals surface area contributed by atoms with Gasteiger partial charge in [0.15, 0.2) is 17.2 Å². The molecule has 0 aliphatic rings. The van der Waals surface area contributed by atoms with Gasteiger partial charge in [-0.1, -0.05) is 42.2 Å². The van der Waals surface area contributed by atoms with E-state index in [0.29, 0.717) is 5.65 Å². The molecule has 10 heteroatoms. The van der Waals surface area contributed by atoms with Crippen LogP contribution in [0.15, 0.2) is 72.5 Å². The van der Waals surface area contributed by atoms with Crippen LogP contribution < -0.4 is 11.1 Å². The lowest BCUT2D eigenvalue weighted by atomic mass is 9.98. The molecule has 5 aromatic heterocycles. The second-order valence-electron chi connectivity index (χ2n) is 8.78. The molecule has 1 aromatic carbocycles. The zero-order valence-electron chi connectivity index (χ0n) is 20.6. The van der Waals surface area contributed by atoms with Crippen molar-refractivity contribution in [2.24, 2.45) is 7.05 Å². The second kappa shape index (κ2) is 9.46. The monoisotopic (exact) mass is 518 g/mol. The van der Waals surface area contributed by atoms with Crippen molar-refractivity contribution < 1.29 is 4.79 Å². The van der Waals surface area contributed by atoms with Crippen molar-refractivity contribution in [2.75, 3.05) is 5.73 Å². The number of carbonyl (C=O) groups is 1. The van der Waals surface area contributed by atoms with Gasteiger partial charge >= 0.3 is 0 Å². The van der Waals surface area contributed by atoms with E-state index in [0.717, 1.165) is 38.2 Å². The van der Waals surface area contributed by atoms with Gasteiger partial charge in [-0.15, -0.1) is 11.3 Å². The second-order valence-corrected chi connectivity index (χ2v) is 9.63. The number of hydrogen-bond donors (Lipinski definition) is 2. The molecular weight excluding hydrogens is 496 g/mol. The fourth-order valence-electron chi connectivity index (χ4n) is 4.32. The molecular formula is C28H22N8OS. The van der Waals surface area contributed by atoms with Gasteiger partial charge in [-0.3, -0.25) is 9.48 Å². The normalized spacial score (nSPS) is 11.8. The van der Waals surface area contributed by atoms with Gasteiger partial charge in [0, 0.05) is 41.3 Å². The zero-order valence-corrected chi connectivity index (χ0v) is 21.4. The average Bonchev–Trinajstić information content (AvgIpc) is 3.62. The summed E-state index contributed by atoms with van der Waals surface area (Å²) in [5.74, 6) is 6.19. The summed E-state index contributed by atoms with van der Waals surface area (Å²) < 4.78 is 3.17.